The van der Waals surface area contributed by atoms with Crippen LogP contribution in [0.1, 0.15) is 5.69 Å². The van der Waals surface area contributed by atoms with Crippen molar-refractivity contribution >= 4 is 11.6 Å². The Morgan fingerprint density at radius 1 is 1.07 bits per heavy atom. The van der Waals surface area contributed by atoms with Gasteiger partial charge in [-0.25, -0.2) is 4.98 Å². The van der Waals surface area contributed by atoms with Gasteiger partial charge in [-0.3, -0.25) is 4.98 Å². The molecule has 0 unspecified atom stereocenters. The Balaban J connectivity index is 2.53. The Morgan fingerprint density at radius 3 is 2.43 bits per heavy atom. The molecule has 0 aliphatic heterocycles. The number of nitrogens with zero attached hydrogens (tertiary/aromatic N) is 2. The van der Waals surface area contributed by atoms with Gasteiger partial charge < -0.3 is 0 Å². The first-order valence-electron chi connectivity index (χ1n) is 4.31. The highest BCUT2D eigenvalue weighted by Crippen LogP contribution is 2.25. The average molecular weight is 205 g/mol. The van der Waals surface area contributed by atoms with E-state index in [-0.39, 0.29) is 0 Å². The second-order valence-electron chi connectivity index (χ2n) is 3.03. The molecule has 0 atom stereocenters. The molecule has 0 aromatic carbocycles. The lowest BCUT2D eigenvalue weighted by Crippen LogP contribution is -1.86. The SMILES string of the molecule is Cc1ccc(-c2ccncc2)c(Cl)n1. The highest BCUT2D eigenvalue weighted by molar-refractivity contribution is 6.32. The topological polar surface area (TPSA) is 25.8 Å². The van der Waals surface area contributed by atoms with Gasteiger partial charge in [0.25, 0.3) is 0 Å². The van der Waals surface area contributed by atoms with E-state index in [4.69, 9.17) is 11.6 Å². The van der Waals surface area contributed by atoms with Crippen LogP contribution in [0.25, 0.3) is 11.1 Å². The van der Waals surface area contributed by atoms with Gasteiger partial charge in [0.15, 0.2) is 0 Å². The summed E-state index contributed by atoms with van der Waals surface area (Å²) in [5.74, 6) is 0. The number of aryl methyl sites for hydroxylation is 1. The standard InChI is InChI=1S/C11H9ClN2/c1-8-2-3-10(11(12)14-8)9-4-6-13-7-5-9/h2-7H,1H3. The van der Waals surface area contributed by atoms with Crippen molar-refractivity contribution in [3.63, 3.8) is 0 Å². The summed E-state index contributed by atoms with van der Waals surface area (Å²) in [6, 6.07) is 7.75. The molecule has 14 heavy (non-hydrogen) atoms. The highest BCUT2D eigenvalue weighted by atomic mass is 35.5. The van der Waals surface area contributed by atoms with E-state index in [0.717, 1.165) is 16.8 Å². The Morgan fingerprint density at radius 2 is 1.79 bits per heavy atom. The van der Waals surface area contributed by atoms with E-state index in [1.807, 2.05) is 31.2 Å². The van der Waals surface area contributed by atoms with Crippen molar-refractivity contribution < 1.29 is 0 Å². The summed E-state index contributed by atoms with van der Waals surface area (Å²) in [5, 5.41) is 0.538. The summed E-state index contributed by atoms with van der Waals surface area (Å²) in [6.07, 6.45) is 3.48. The third kappa shape index (κ3) is 1.75. The van der Waals surface area contributed by atoms with Crippen LogP contribution in [0.3, 0.4) is 0 Å². The van der Waals surface area contributed by atoms with Crippen LogP contribution < -0.4 is 0 Å². The minimum atomic E-state index is 0.538. The Bertz CT molecular complexity index is 440. The first-order chi connectivity index (χ1) is 6.77. The van der Waals surface area contributed by atoms with Crippen LogP contribution in [-0.2, 0) is 0 Å². The normalized spacial score (nSPS) is 10.1. The van der Waals surface area contributed by atoms with Crippen molar-refractivity contribution in [1.29, 1.82) is 0 Å². The summed E-state index contributed by atoms with van der Waals surface area (Å²) in [4.78, 5) is 8.15. The second kappa shape index (κ2) is 3.76. The van der Waals surface area contributed by atoms with Crippen LogP contribution in [-0.4, -0.2) is 9.97 Å². The van der Waals surface area contributed by atoms with E-state index in [0.29, 0.717) is 5.15 Å². The predicted octanol–water partition coefficient (Wildman–Crippen LogP) is 3.11. The van der Waals surface area contributed by atoms with Crippen molar-refractivity contribution in [3.05, 3.63) is 47.5 Å². The number of pyridine rings is 2. The number of hydrogen-bond acceptors (Lipinski definition) is 2. The average Bonchev–Trinajstić information content (AvgIpc) is 2.19. The van der Waals surface area contributed by atoms with E-state index in [9.17, 15) is 0 Å². The molecule has 0 saturated carbocycles. The smallest absolute Gasteiger partial charge is 0.137 e. The molecule has 0 bridgehead atoms. The Hall–Kier alpha value is -1.41. The Kier molecular flexibility index (Phi) is 2.46. The summed E-state index contributed by atoms with van der Waals surface area (Å²) >= 11 is 6.03. The zero-order valence-corrected chi connectivity index (χ0v) is 8.49. The van der Waals surface area contributed by atoms with Crippen LogP contribution in [0.15, 0.2) is 36.7 Å². The van der Waals surface area contributed by atoms with Crippen molar-refractivity contribution in [1.82, 2.24) is 9.97 Å². The first kappa shape index (κ1) is 9.16. The quantitative estimate of drug-likeness (QED) is 0.667. The van der Waals surface area contributed by atoms with Crippen LogP contribution in [0.5, 0.6) is 0 Å². The molecule has 3 heteroatoms. The van der Waals surface area contributed by atoms with Gasteiger partial charge >= 0.3 is 0 Å². The lowest BCUT2D eigenvalue weighted by Gasteiger charge is -2.03. The van der Waals surface area contributed by atoms with Gasteiger partial charge in [-0.1, -0.05) is 11.6 Å². The zero-order chi connectivity index (χ0) is 9.97. The van der Waals surface area contributed by atoms with Crippen LogP contribution in [0.4, 0.5) is 0 Å². The van der Waals surface area contributed by atoms with E-state index < -0.39 is 0 Å². The first-order valence-corrected chi connectivity index (χ1v) is 4.69. The monoisotopic (exact) mass is 204 g/mol. The molecule has 0 saturated heterocycles. The Labute approximate surface area is 87.6 Å². The minimum absolute atomic E-state index is 0.538. The fourth-order valence-corrected chi connectivity index (χ4v) is 1.58. The molecular formula is C11H9ClN2. The molecule has 2 heterocycles. The highest BCUT2D eigenvalue weighted by Gasteiger charge is 2.03. The fraction of sp³-hybridized carbons (Fsp3) is 0.0909. The lowest BCUT2D eigenvalue weighted by atomic mass is 10.1. The third-order valence-corrected chi connectivity index (χ3v) is 2.27. The maximum atomic E-state index is 6.03. The van der Waals surface area contributed by atoms with Crippen LogP contribution >= 0.6 is 11.6 Å². The second-order valence-corrected chi connectivity index (χ2v) is 3.38. The van der Waals surface area contributed by atoms with Gasteiger partial charge in [-0.2, -0.15) is 0 Å². The number of rotatable bonds is 1. The van der Waals surface area contributed by atoms with Crippen molar-refractivity contribution in [2.75, 3.05) is 0 Å². The van der Waals surface area contributed by atoms with Crippen molar-refractivity contribution in [2.24, 2.45) is 0 Å². The number of aromatic nitrogens is 2. The summed E-state index contributed by atoms with van der Waals surface area (Å²) in [7, 11) is 0. The van der Waals surface area contributed by atoms with E-state index >= 15 is 0 Å². The molecule has 2 aromatic rings. The predicted molar refractivity (Wildman–Crippen MR) is 57.2 cm³/mol. The molecule has 70 valence electrons. The molecule has 2 nitrogen and oxygen atoms in total. The van der Waals surface area contributed by atoms with Crippen molar-refractivity contribution in [3.8, 4) is 11.1 Å². The molecule has 2 rings (SSSR count). The van der Waals surface area contributed by atoms with E-state index in [1.165, 1.54) is 0 Å². The van der Waals surface area contributed by atoms with Gasteiger partial charge in [-0.05, 0) is 36.8 Å². The maximum absolute atomic E-state index is 6.03. The minimum Gasteiger partial charge on any atom is -0.265 e. The molecule has 0 amide bonds. The fourth-order valence-electron chi connectivity index (χ4n) is 1.27. The zero-order valence-electron chi connectivity index (χ0n) is 7.74. The van der Waals surface area contributed by atoms with E-state index in [1.54, 1.807) is 12.4 Å². The molecule has 0 aliphatic carbocycles. The molecule has 2 aromatic heterocycles. The molecule has 0 aliphatic rings. The number of halogens is 1. The maximum Gasteiger partial charge on any atom is 0.137 e. The van der Waals surface area contributed by atoms with Crippen LogP contribution in [0.2, 0.25) is 5.15 Å². The summed E-state index contributed by atoms with van der Waals surface area (Å²) in [6.45, 7) is 1.92. The largest absolute Gasteiger partial charge is 0.265 e. The van der Waals surface area contributed by atoms with Crippen LogP contribution in [0, 0.1) is 6.92 Å². The molecule has 0 N–H and O–H groups in total. The van der Waals surface area contributed by atoms with Crippen molar-refractivity contribution in [2.45, 2.75) is 6.92 Å². The lowest BCUT2D eigenvalue weighted by molar-refractivity contribution is 1.20. The van der Waals surface area contributed by atoms with Gasteiger partial charge in [0, 0.05) is 23.7 Å². The van der Waals surface area contributed by atoms with Gasteiger partial charge in [0.2, 0.25) is 0 Å². The van der Waals surface area contributed by atoms with Gasteiger partial charge in [-0.15, -0.1) is 0 Å². The van der Waals surface area contributed by atoms with Gasteiger partial charge in [0.1, 0.15) is 5.15 Å². The summed E-state index contributed by atoms with van der Waals surface area (Å²) < 4.78 is 0. The van der Waals surface area contributed by atoms with E-state index in [2.05, 4.69) is 9.97 Å². The molecule has 0 fully saturated rings. The molecule has 0 radical (unpaired) electrons. The number of hydrogen-bond donors (Lipinski definition) is 0. The molecule has 0 spiro atoms. The molecular weight excluding hydrogens is 196 g/mol. The summed E-state index contributed by atoms with van der Waals surface area (Å²) in [5.41, 5.74) is 2.91. The third-order valence-electron chi connectivity index (χ3n) is 1.98. The van der Waals surface area contributed by atoms with Gasteiger partial charge in [0.05, 0.1) is 0 Å².